The van der Waals surface area contributed by atoms with Gasteiger partial charge in [-0.2, -0.15) is 0 Å². The van der Waals surface area contributed by atoms with Crippen LogP contribution in [0.1, 0.15) is 43.2 Å². The van der Waals surface area contributed by atoms with Crippen molar-refractivity contribution < 1.29 is 0 Å². The topological polar surface area (TPSA) is 12.0 Å². The number of rotatable bonds is 5. The summed E-state index contributed by atoms with van der Waals surface area (Å²) in [7, 11) is 0. The maximum Gasteiger partial charge on any atom is 0.0435 e. The van der Waals surface area contributed by atoms with E-state index in [0.29, 0.717) is 0 Å². The molecule has 0 heterocycles. The van der Waals surface area contributed by atoms with Crippen molar-refractivity contribution >= 4 is 11.6 Å². The lowest BCUT2D eigenvalue weighted by Crippen LogP contribution is -2.44. The Balaban J connectivity index is 1.72. The van der Waals surface area contributed by atoms with E-state index in [-0.39, 0.29) is 5.54 Å². The van der Waals surface area contributed by atoms with E-state index in [2.05, 4.69) is 53.8 Å². The third-order valence-corrected chi connectivity index (χ3v) is 5.04. The van der Waals surface area contributed by atoms with Crippen LogP contribution in [0.25, 0.3) is 0 Å². The molecule has 22 heavy (non-hydrogen) atoms. The van der Waals surface area contributed by atoms with E-state index >= 15 is 0 Å². The van der Waals surface area contributed by atoms with Crippen LogP contribution in [0.3, 0.4) is 0 Å². The highest BCUT2D eigenvalue weighted by Crippen LogP contribution is 2.37. The van der Waals surface area contributed by atoms with Crippen molar-refractivity contribution in [3.05, 3.63) is 70.7 Å². The predicted molar refractivity (Wildman–Crippen MR) is 94.4 cm³/mol. The van der Waals surface area contributed by atoms with Crippen molar-refractivity contribution in [3.8, 4) is 0 Å². The third-order valence-electron chi connectivity index (χ3n) is 4.80. The molecule has 0 bridgehead atoms. The molecule has 0 radical (unpaired) electrons. The first-order valence-electron chi connectivity index (χ1n) is 8.34. The van der Waals surface area contributed by atoms with E-state index in [9.17, 15) is 0 Å². The Morgan fingerprint density at radius 2 is 1.68 bits per heavy atom. The molecule has 2 heteroatoms. The summed E-state index contributed by atoms with van der Waals surface area (Å²) in [6.45, 7) is 1.01. The lowest BCUT2D eigenvalue weighted by Gasteiger charge is -2.39. The van der Waals surface area contributed by atoms with Crippen LogP contribution in [0.4, 0.5) is 0 Å². The minimum atomic E-state index is 0.109. The lowest BCUT2D eigenvalue weighted by atomic mass is 9.76. The van der Waals surface area contributed by atoms with Crippen molar-refractivity contribution in [2.24, 2.45) is 0 Å². The molecular weight excluding hydrogens is 290 g/mol. The van der Waals surface area contributed by atoms with Gasteiger partial charge in [0.1, 0.15) is 0 Å². The van der Waals surface area contributed by atoms with Crippen LogP contribution < -0.4 is 5.32 Å². The fourth-order valence-electron chi connectivity index (χ4n) is 3.60. The largest absolute Gasteiger partial charge is 0.307 e. The van der Waals surface area contributed by atoms with Gasteiger partial charge in [0.15, 0.2) is 0 Å². The predicted octanol–water partition coefficient (Wildman–Crippen LogP) is 5.33. The summed E-state index contributed by atoms with van der Waals surface area (Å²) in [5.41, 5.74) is 2.86. The first-order chi connectivity index (χ1) is 10.8. The SMILES string of the molecule is Clc1cccc(C2(NCCc3ccccc3)CCCCC2)c1. The van der Waals surface area contributed by atoms with Crippen LogP contribution in [0, 0.1) is 0 Å². The quantitative estimate of drug-likeness (QED) is 0.786. The molecular formula is C20H24ClN. The molecule has 116 valence electrons. The smallest absolute Gasteiger partial charge is 0.0435 e. The van der Waals surface area contributed by atoms with Crippen LogP contribution >= 0.6 is 11.6 Å². The molecule has 1 nitrogen and oxygen atoms in total. The lowest BCUT2D eigenvalue weighted by molar-refractivity contribution is 0.235. The van der Waals surface area contributed by atoms with E-state index in [4.69, 9.17) is 11.6 Å². The summed E-state index contributed by atoms with van der Waals surface area (Å²) in [5.74, 6) is 0. The molecule has 1 aliphatic carbocycles. The Morgan fingerprint density at radius 1 is 0.909 bits per heavy atom. The first kappa shape index (κ1) is 15.6. The molecule has 0 spiro atoms. The maximum absolute atomic E-state index is 6.23. The van der Waals surface area contributed by atoms with E-state index in [1.807, 2.05) is 6.07 Å². The summed E-state index contributed by atoms with van der Waals surface area (Å²) < 4.78 is 0. The van der Waals surface area contributed by atoms with E-state index < -0.39 is 0 Å². The van der Waals surface area contributed by atoms with Crippen LogP contribution in [-0.2, 0) is 12.0 Å². The second-order valence-corrected chi connectivity index (χ2v) is 6.75. The highest BCUT2D eigenvalue weighted by atomic mass is 35.5. The van der Waals surface area contributed by atoms with E-state index in [1.165, 1.54) is 43.2 Å². The Kier molecular flexibility index (Phi) is 5.17. The molecule has 0 atom stereocenters. The van der Waals surface area contributed by atoms with Gasteiger partial charge in [0.25, 0.3) is 0 Å². The number of hydrogen-bond acceptors (Lipinski definition) is 1. The molecule has 1 aliphatic rings. The second-order valence-electron chi connectivity index (χ2n) is 6.32. The van der Waals surface area contributed by atoms with Crippen LogP contribution in [-0.4, -0.2) is 6.54 Å². The average molecular weight is 314 g/mol. The zero-order valence-corrected chi connectivity index (χ0v) is 13.8. The second kappa shape index (κ2) is 7.30. The van der Waals surface area contributed by atoms with Crippen LogP contribution in [0.5, 0.6) is 0 Å². The standard InChI is InChI=1S/C20H24ClN/c21-19-11-7-10-18(16-19)20(13-5-2-6-14-20)22-15-12-17-8-3-1-4-9-17/h1,3-4,7-11,16,22H,2,5-6,12-15H2. The summed E-state index contributed by atoms with van der Waals surface area (Å²) in [5, 5.41) is 4.71. The highest BCUT2D eigenvalue weighted by Gasteiger charge is 2.33. The average Bonchev–Trinajstić information content (AvgIpc) is 2.57. The van der Waals surface area contributed by atoms with Gasteiger partial charge < -0.3 is 5.32 Å². The van der Waals surface area contributed by atoms with E-state index in [0.717, 1.165) is 18.0 Å². The van der Waals surface area contributed by atoms with Gasteiger partial charge in [0, 0.05) is 10.6 Å². The molecule has 0 saturated heterocycles. The van der Waals surface area contributed by atoms with Crippen LogP contribution in [0.2, 0.25) is 5.02 Å². The van der Waals surface area contributed by atoms with Gasteiger partial charge in [-0.05, 0) is 49.1 Å². The van der Waals surface area contributed by atoms with Crippen molar-refractivity contribution in [2.75, 3.05) is 6.54 Å². The van der Waals surface area contributed by atoms with Crippen molar-refractivity contribution in [1.82, 2.24) is 5.32 Å². The molecule has 2 aromatic carbocycles. The zero-order chi connectivity index (χ0) is 15.3. The molecule has 1 saturated carbocycles. The van der Waals surface area contributed by atoms with Gasteiger partial charge in [-0.25, -0.2) is 0 Å². The summed E-state index contributed by atoms with van der Waals surface area (Å²) in [6.07, 6.45) is 7.44. The van der Waals surface area contributed by atoms with Crippen LogP contribution in [0.15, 0.2) is 54.6 Å². The molecule has 1 N–H and O–H groups in total. The third kappa shape index (κ3) is 3.71. The van der Waals surface area contributed by atoms with Gasteiger partial charge in [0.2, 0.25) is 0 Å². The number of nitrogens with one attached hydrogen (secondary N) is 1. The Labute approximate surface area is 138 Å². The maximum atomic E-state index is 6.23. The fourth-order valence-corrected chi connectivity index (χ4v) is 3.79. The summed E-state index contributed by atoms with van der Waals surface area (Å²) in [4.78, 5) is 0. The van der Waals surface area contributed by atoms with Gasteiger partial charge in [-0.3, -0.25) is 0 Å². The zero-order valence-electron chi connectivity index (χ0n) is 13.0. The molecule has 0 aliphatic heterocycles. The van der Waals surface area contributed by atoms with Gasteiger partial charge in [-0.15, -0.1) is 0 Å². The Bertz CT molecular complexity index is 588. The Hall–Kier alpha value is -1.31. The monoisotopic (exact) mass is 313 g/mol. The molecule has 0 unspecified atom stereocenters. The van der Waals surface area contributed by atoms with Crippen molar-refractivity contribution in [1.29, 1.82) is 0 Å². The van der Waals surface area contributed by atoms with E-state index in [1.54, 1.807) is 0 Å². The van der Waals surface area contributed by atoms with Gasteiger partial charge in [0.05, 0.1) is 0 Å². The summed E-state index contributed by atoms with van der Waals surface area (Å²) >= 11 is 6.23. The molecule has 3 rings (SSSR count). The molecule has 0 amide bonds. The number of benzene rings is 2. The van der Waals surface area contributed by atoms with Gasteiger partial charge in [-0.1, -0.05) is 73.3 Å². The fraction of sp³-hybridized carbons (Fsp3) is 0.400. The van der Waals surface area contributed by atoms with Crippen molar-refractivity contribution in [3.63, 3.8) is 0 Å². The normalized spacial score (nSPS) is 17.3. The first-order valence-corrected chi connectivity index (χ1v) is 8.71. The minimum absolute atomic E-state index is 0.109. The number of halogens is 1. The Morgan fingerprint density at radius 3 is 2.41 bits per heavy atom. The summed E-state index contributed by atoms with van der Waals surface area (Å²) in [6, 6.07) is 19.1. The van der Waals surface area contributed by atoms with Gasteiger partial charge >= 0.3 is 0 Å². The van der Waals surface area contributed by atoms with Crippen molar-refractivity contribution in [2.45, 2.75) is 44.1 Å². The number of hydrogen-bond donors (Lipinski definition) is 1. The highest BCUT2D eigenvalue weighted by molar-refractivity contribution is 6.30. The molecule has 0 aromatic heterocycles. The molecule has 2 aromatic rings. The minimum Gasteiger partial charge on any atom is -0.307 e. The molecule has 1 fully saturated rings.